The number of carboxylic acids is 1. The molecule has 5 nitrogen and oxygen atoms in total. The molecule has 0 amide bonds. The van der Waals surface area contributed by atoms with Gasteiger partial charge in [0, 0.05) is 6.04 Å². The monoisotopic (exact) mass is 317 g/mol. The Bertz CT molecular complexity index is 601. The number of nitrogens with one attached hydrogen (secondary N) is 1. The maximum atomic E-state index is 13.8. The first-order valence-corrected chi connectivity index (χ1v) is 8.31. The first-order valence-electron chi connectivity index (χ1n) is 6.83. The van der Waals surface area contributed by atoms with Crippen LogP contribution < -0.4 is 4.72 Å². The van der Waals surface area contributed by atoms with Crippen molar-refractivity contribution in [3.05, 3.63) is 29.6 Å². The third-order valence-corrected chi connectivity index (χ3v) is 4.69. The molecule has 2 N–H and O–H groups in total. The van der Waals surface area contributed by atoms with Crippen LogP contribution in [0.3, 0.4) is 0 Å². The van der Waals surface area contributed by atoms with Gasteiger partial charge in [-0.3, -0.25) is 0 Å². The number of hydrogen-bond acceptors (Lipinski definition) is 3. The minimum atomic E-state index is -3.99. The topological polar surface area (TPSA) is 83.5 Å². The molecule has 7 heteroatoms. The van der Waals surface area contributed by atoms with Crippen molar-refractivity contribution >= 4 is 16.0 Å². The van der Waals surface area contributed by atoms with Gasteiger partial charge >= 0.3 is 5.97 Å². The van der Waals surface area contributed by atoms with Crippen molar-refractivity contribution in [2.24, 2.45) is 0 Å². The number of hydrogen-bond donors (Lipinski definition) is 2. The predicted molar refractivity (Wildman–Crippen MR) is 77.3 cm³/mol. The molecule has 0 aromatic heterocycles. The third-order valence-electron chi connectivity index (χ3n) is 3.07. The lowest BCUT2D eigenvalue weighted by Gasteiger charge is -2.14. The average Bonchev–Trinajstić information content (AvgIpc) is 2.37. The summed E-state index contributed by atoms with van der Waals surface area (Å²) in [5.41, 5.74) is -0.289. The largest absolute Gasteiger partial charge is 0.478 e. The van der Waals surface area contributed by atoms with Gasteiger partial charge in [-0.25, -0.2) is 22.3 Å². The summed E-state index contributed by atoms with van der Waals surface area (Å²) in [6.45, 7) is 3.77. The van der Waals surface area contributed by atoms with E-state index in [-0.39, 0.29) is 11.6 Å². The highest BCUT2D eigenvalue weighted by molar-refractivity contribution is 7.89. The van der Waals surface area contributed by atoms with Crippen LogP contribution in [0.25, 0.3) is 0 Å². The standard InChI is InChI=1S/C14H20FNO4S/c1-3-4-5-6-10(2)16-21(19,20)13-8-7-11(14(17)18)9-12(13)15/h7-10,16H,3-6H2,1-2H3,(H,17,18). The lowest BCUT2D eigenvalue weighted by Crippen LogP contribution is -2.33. The summed E-state index contributed by atoms with van der Waals surface area (Å²) in [7, 11) is -3.99. The van der Waals surface area contributed by atoms with Crippen LogP contribution in [0.15, 0.2) is 23.1 Å². The van der Waals surface area contributed by atoms with E-state index in [0.29, 0.717) is 12.5 Å². The Labute approximate surface area is 124 Å². The molecular weight excluding hydrogens is 297 g/mol. The van der Waals surface area contributed by atoms with E-state index in [4.69, 9.17) is 5.11 Å². The molecule has 0 radical (unpaired) electrons. The molecule has 1 aromatic carbocycles. The molecule has 0 aliphatic carbocycles. The van der Waals surface area contributed by atoms with Crippen molar-refractivity contribution in [3.8, 4) is 0 Å². The summed E-state index contributed by atoms with van der Waals surface area (Å²) in [6.07, 6.45) is 3.60. The Balaban J connectivity index is 2.85. The fraction of sp³-hybridized carbons (Fsp3) is 0.500. The molecule has 21 heavy (non-hydrogen) atoms. The van der Waals surface area contributed by atoms with Crippen molar-refractivity contribution < 1.29 is 22.7 Å². The molecule has 1 atom stereocenters. The van der Waals surface area contributed by atoms with E-state index in [0.717, 1.165) is 31.4 Å². The Morgan fingerprint density at radius 1 is 1.38 bits per heavy atom. The smallest absolute Gasteiger partial charge is 0.335 e. The highest BCUT2D eigenvalue weighted by atomic mass is 32.2. The molecule has 1 unspecified atom stereocenters. The second kappa shape index (κ2) is 7.51. The quantitative estimate of drug-likeness (QED) is 0.722. The summed E-state index contributed by atoms with van der Waals surface area (Å²) in [5.74, 6) is -2.37. The van der Waals surface area contributed by atoms with E-state index >= 15 is 0 Å². The first kappa shape index (κ1) is 17.6. The Morgan fingerprint density at radius 3 is 2.57 bits per heavy atom. The number of sulfonamides is 1. The summed E-state index contributed by atoms with van der Waals surface area (Å²) in [6, 6.07) is 2.44. The molecule has 0 aliphatic heterocycles. The fourth-order valence-electron chi connectivity index (χ4n) is 1.94. The lowest BCUT2D eigenvalue weighted by atomic mass is 10.1. The maximum Gasteiger partial charge on any atom is 0.335 e. The van der Waals surface area contributed by atoms with Gasteiger partial charge < -0.3 is 5.11 Å². The number of unbranched alkanes of at least 4 members (excludes halogenated alkanes) is 2. The predicted octanol–water partition coefficient (Wildman–Crippen LogP) is 2.77. The molecule has 0 bridgehead atoms. The van der Waals surface area contributed by atoms with Crippen molar-refractivity contribution in [3.63, 3.8) is 0 Å². The van der Waals surface area contributed by atoms with Gasteiger partial charge in [0.15, 0.2) is 0 Å². The van der Waals surface area contributed by atoms with Crippen molar-refractivity contribution in [2.45, 2.75) is 50.5 Å². The molecule has 1 aromatic rings. The van der Waals surface area contributed by atoms with Crippen LogP contribution >= 0.6 is 0 Å². The fourth-order valence-corrected chi connectivity index (χ4v) is 3.28. The molecular formula is C14H20FNO4S. The van der Waals surface area contributed by atoms with E-state index in [9.17, 15) is 17.6 Å². The number of carboxylic acid groups (broad SMARTS) is 1. The Kier molecular flexibility index (Phi) is 6.29. The third kappa shape index (κ3) is 5.09. The van der Waals surface area contributed by atoms with E-state index in [1.54, 1.807) is 6.92 Å². The van der Waals surface area contributed by atoms with Gasteiger partial charge in [0.05, 0.1) is 5.56 Å². The van der Waals surface area contributed by atoms with Crippen LogP contribution in [0.1, 0.15) is 49.9 Å². The molecule has 118 valence electrons. The molecule has 1 rings (SSSR count). The summed E-state index contributed by atoms with van der Waals surface area (Å²) < 4.78 is 40.3. The lowest BCUT2D eigenvalue weighted by molar-refractivity contribution is 0.0696. The van der Waals surface area contributed by atoms with E-state index < -0.39 is 26.7 Å². The zero-order valence-electron chi connectivity index (χ0n) is 12.1. The number of aromatic carboxylic acids is 1. The van der Waals surface area contributed by atoms with Crippen LogP contribution in [0.2, 0.25) is 0 Å². The number of carbonyl (C=O) groups is 1. The van der Waals surface area contributed by atoms with Gasteiger partial charge in [-0.2, -0.15) is 0 Å². The molecule has 0 aliphatic rings. The minimum absolute atomic E-state index is 0.289. The van der Waals surface area contributed by atoms with Gasteiger partial charge in [0.1, 0.15) is 10.7 Å². The molecule has 0 saturated heterocycles. The van der Waals surface area contributed by atoms with Crippen LogP contribution in [0, 0.1) is 5.82 Å². The highest BCUT2D eigenvalue weighted by Crippen LogP contribution is 2.17. The number of rotatable bonds is 8. The van der Waals surface area contributed by atoms with Crippen molar-refractivity contribution in [2.75, 3.05) is 0 Å². The minimum Gasteiger partial charge on any atom is -0.478 e. The average molecular weight is 317 g/mol. The van der Waals surface area contributed by atoms with Crippen molar-refractivity contribution in [1.29, 1.82) is 0 Å². The molecule has 0 spiro atoms. The van der Waals surface area contributed by atoms with Gasteiger partial charge in [0.2, 0.25) is 10.0 Å². The maximum absolute atomic E-state index is 13.8. The van der Waals surface area contributed by atoms with Gasteiger partial charge in [-0.15, -0.1) is 0 Å². The summed E-state index contributed by atoms with van der Waals surface area (Å²) in [4.78, 5) is 10.2. The van der Waals surface area contributed by atoms with Gasteiger partial charge in [-0.1, -0.05) is 26.2 Å². The number of halogens is 1. The normalized spacial score (nSPS) is 13.1. The van der Waals surface area contributed by atoms with Crippen LogP contribution in [-0.2, 0) is 10.0 Å². The summed E-state index contributed by atoms with van der Waals surface area (Å²) in [5, 5.41) is 8.74. The van der Waals surface area contributed by atoms with Crippen LogP contribution in [0.5, 0.6) is 0 Å². The van der Waals surface area contributed by atoms with Crippen LogP contribution in [0.4, 0.5) is 4.39 Å². The van der Waals surface area contributed by atoms with Gasteiger partial charge in [0.25, 0.3) is 0 Å². The highest BCUT2D eigenvalue weighted by Gasteiger charge is 2.22. The zero-order chi connectivity index (χ0) is 16.0. The molecule has 0 saturated carbocycles. The second-order valence-electron chi connectivity index (χ2n) is 4.97. The second-order valence-corrected chi connectivity index (χ2v) is 6.65. The summed E-state index contributed by atoms with van der Waals surface area (Å²) >= 11 is 0. The van der Waals surface area contributed by atoms with Crippen molar-refractivity contribution in [1.82, 2.24) is 4.72 Å². The first-order chi connectivity index (χ1) is 9.77. The zero-order valence-corrected chi connectivity index (χ0v) is 12.9. The Morgan fingerprint density at radius 2 is 2.05 bits per heavy atom. The van der Waals surface area contributed by atoms with E-state index in [2.05, 4.69) is 4.72 Å². The van der Waals surface area contributed by atoms with Crippen LogP contribution in [-0.4, -0.2) is 25.5 Å². The Hall–Kier alpha value is -1.47. The van der Waals surface area contributed by atoms with Gasteiger partial charge in [-0.05, 0) is 31.5 Å². The SMILES string of the molecule is CCCCCC(C)NS(=O)(=O)c1ccc(C(=O)O)cc1F. The molecule has 0 heterocycles. The van der Waals surface area contributed by atoms with E-state index in [1.165, 1.54) is 0 Å². The number of benzene rings is 1. The van der Waals surface area contributed by atoms with E-state index in [1.807, 2.05) is 6.92 Å². The molecule has 0 fully saturated rings.